The fourth-order valence-corrected chi connectivity index (χ4v) is 4.36. The van der Waals surface area contributed by atoms with Crippen molar-refractivity contribution in [2.75, 3.05) is 52.9 Å². The summed E-state index contributed by atoms with van der Waals surface area (Å²) in [5.41, 5.74) is 2.83. The fourth-order valence-electron chi connectivity index (χ4n) is 4.36. The van der Waals surface area contributed by atoms with Crippen molar-refractivity contribution in [2.24, 2.45) is 0 Å². The van der Waals surface area contributed by atoms with Crippen LogP contribution in [0.15, 0.2) is 0 Å². The monoisotopic (exact) mass is 346 g/mol. The Balaban J connectivity index is 1.32. The molecule has 4 rings (SSSR count). The number of nitrogens with zero attached hydrogens (tertiary/aromatic N) is 4. The first-order valence-electron chi connectivity index (χ1n) is 9.71. The molecule has 1 unspecified atom stereocenters. The highest BCUT2D eigenvalue weighted by molar-refractivity contribution is 5.94. The number of hydrogen-bond donors (Lipinski definition) is 2. The summed E-state index contributed by atoms with van der Waals surface area (Å²) < 4.78 is 0. The number of carbonyl (C=O) groups excluding carboxylic acids is 1. The van der Waals surface area contributed by atoms with E-state index in [0.717, 1.165) is 63.5 Å². The van der Waals surface area contributed by atoms with Crippen LogP contribution in [0, 0.1) is 0 Å². The zero-order chi connectivity index (χ0) is 17.2. The van der Waals surface area contributed by atoms with E-state index in [1.54, 1.807) is 0 Å². The van der Waals surface area contributed by atoms with Gasteiger partial charge in [-0.3, -0.25) is 14.8 Å². The van der Waals surface area contributed by atoms with Crippen molar-refractivity contribution in [2.45, 2.75) is 38.3 Å². The first kappa shape index (κ1) is 17.0. The molecule has 1 amide bonds. The topological polar surface area (TPSA) is 67.5 Å². The molecule has 0 radical (unpaired) electrons. The number of piperidine rings is 1. The largest absolute Gasteiger partial charge is 0.335 e. The van der Waals surface area contributed by atoms with Crippen LogP contribution in [0.25, 0.3) is 0 Å². The normalized spacial score (nSPS) is 25.8. The smallest absolute Gasteiger partial charge is 0.274 e. The molecule has 1 aromatic heterocycles. The minimum absolute atomic E-state index is 0.0932. The molecule has 1 aromatic rings. The lowest BCUT2D eigenvalue weighted by Gasteiger charge is -2.40. The summed E-state index contributed by atoms with van der Waals surface area (Å²) >= 11 is 0. The average molecular weight is 346 g/mol. The molecule has 138 valence electrons. The van der Waals surface area contributed by atoms with E-state index in [1.807, 2.05) is 4.90 Å². The number of carbonyl (C=O) groups is 1. The number of piperazine rings is 1. The van der Waals surface area contributed by atoms with Crippen molar-refractivity contribution in [1.82, 2.24) is 30.2 Å². The third-order valence-electron chi connectivity index (χ3n) is 6.06. The maximum absolute atomic E-state index is 12.9. The number of aromatic amines is 1. The van der Waals surface area contributed by atoms with E-state index in [4.69, 9.17) is 0 Å². The van der Waals surface area contributed by atoms with Gasteiger partial charge in [0.25, 0.3) is 5.91 Å². The first-order chi connectivity index (χ1) is 12.2. The van der Waals surface area contributed by atoms with Gasteiger partial charge < -0.3 is 15.1 Å². The summed E-state index contributed by atoms with van der Waals surface area (Å²) in [6.07, 6.45) is 4.92. The zero-order valence-corrected chi connectivity index (χ0v) is 15.3. The van der Waals surface area contributed by atoms with Crippen molar-refractivity contribution < 1.29 is 4.79 Å². The summed E-state index contributed by atoms with van der Waals surface area (Å²) in [4.78, 5) is 19.9. The minimum atomic E-state index is 0.0932. The molecule has 3 aliphatic heterocycles. The Labute approximate surface area is 149 Å². The van der Waals surface area contributed by atoms with Gasteiger partial charge in [-0.2, -0.15) is 5.10 Å². The van der Waals surface area contributed by atoms with Crippen LogP contribution in [0.3, 0.4) is 0 Å². The van der Waals surface area contributed by atoms with Crippen LogP contribution in [0.2, 0.25) is 0 Å². The van der Waals surface area contributed by atoms with E-state index in [2.05, 4.69) is 32.4 Å². The molecule has 25 heavy (non-hydrogen) atoms. The Morgan fingerprint density at radius 3 is 2.84 bits per heavy atom. The van der Waals surface area contributed by atoms with Crippen LogP contribution in [-0.2, 0) is 13.0 Å². The van der Waals surface area contributed by atoms with Gasteiger partial charge in [-0.05, 0) is 26.4 Å². The highest BCUT2D eigenvalue weighted by Crippen LogP contribution is 2.19. The Hall–Kier alpha value is -1.44. The number of amides is 1. The molecule has 0 spiro atoms. The third kappa shape index (κ3) is 3.59. The Kier molecular flexibility index (Phi) is 5.05. The van der Waals surface area contributed by atoms with E-state index >= 15 is 0 Å². The number of aromatic nitrogens is 2. The van der Waals surface area contributed by atoms with E-state index < -0.39 is 0 Å². The standard InChI is InChI=1S/C18H30N6O/c1-22-7-3-2-4-14(22)13-23-8-10-24(11-9-23)18(25)17-15-12-19-6-5-16(15)20-21-17/h14,19H,2-13H2,1H3,(H,20,21). The summed E-state index contributed by atoms with van der Waals surface area (Å²) in [6.45, 7) is 7.64. The summed E-state index contributed by atoms with van der Waals surface area (Å²) in [5, 5.41) is 10.7. The molecule has 7 nitrogen and oxygen atoms in total. The Morgan fingerprint density at radius 1 is 1.20 bits per heavy atom. The number of fused-ring (bicyclic) bond motifs is 1. The lowest BCUT2D eigenvalue weighted by Crippen LogP contribution is -2.53. The SMILES string of the molecule is CN1CCCCC1CN1CCN(C(=O)c2n[nH]c3c2CNCC3)CC1. The number of likely N-dealkylation sites (tertiary alicyclic amines) is 1. The minimum Gasteiger partial charge on any atom is -0.335 e. The molecule has 1 atom stereocenters. The number of nitrogens with one attached hydrogen (secondary N) is 2. The van der Waals surface area contributed by atoms with Crippen molar-refractivity contribution in [3.05, 3.63) is 17.0 Å². The van der Waals surface area contributed by atoms with Gasteiger partial charge in [0.2, 0.25) is 0 Å². The zero-order valence-electron chi connectivity index (χ0n) is 15.3. The van der Waals surface area contributed by atoms with Crippen LogP contribution in [0.5, 0.6) is 0 Å². The van der Waals surface area contributed by atoms with Gasteiger partial charge in [0.05, 0.1) is 0 Å². The van der Waals surface area contributed by atoms with Crippen LogP contribution < -0.4 is 5.32 Å². The van der Waals surface area contributed by atoms with Crippen LogP contribution in [0.4, 0.5) is 0 Å². The van der Waals surface area contributed by atoms with Gasteiger partial charge in [0.1, 0.15) is 0 Å². The highest BCUT2D eigenvalue weighted by Gasteiger charge is 2.29. The third-order valence-corrected chi connectivity index (χ3v) is 6.06. The van der Waals surface area contributed by atoms with E-state index in [-0.39, 0.29) is 5.91 Å². The molecule has 2 fully saturated rings. The van der Waals surface area contributed by atoms with Crippen molar-refractivity contribution >= 4 is 5.91 Å². The number of likely N-dealkylation sites (N-methyl/N-ethyl adjacent to an activating group) is 1. The quantitative estimate of drug-likeness (QED) is 0.824. The molecule has 0 aliphatic carbocycles. The van der Waals surface area contributed by atoms with Crippen LogP contribution in [0.1, 0.15) is 41.0 Å². The molecule has 0 saturated carbocycles. The molecule has 4 heterocycles. The van der Waals surface area contributed by atoms with Crippen molar-refractivity contribution in [3.8, 4) is 0 Å². The molecular formula is C18H30N6O. The van der Waals surface area contributed by atoms with Crippen LogP contribution >= 0.6 is 0 Å². The van der Waals surface area contributed by atoms with Crippen molar-refractivity contribution in [1.29, 1.82) is 0 Å². The van der Waals surface area contributed by atoms with E-state index in [0.29, 0.717) is 11.7 Å². The Bertz CT molecular complexity index is 607. The maximum Gasteiger partial charge on any atom is 0.274 e. The molecule has 3 aliphatic rings. The lowest BCUT2D eigenvalue weighted by molar-refractivity contribution is 0.0558. The second-order valence-corrected chi connectivity index (χ2v) is 7.68. The summed E-state index contributed by atoms with van der Waals surface area (Å²) in [5.74, 6) is 0.0932. The predicted octanol–water partition coefficient (Wildman–Crippen LogP) is 0.298. The molecule has 2 saturated heterocycles. The average Bonchev–Trinajstić information content (AvgIpc) is 3.08. The predicted molar refractivity (Wildman–Crippen MR) is 96.6 cm³/mol. The molecule has 7 heteroatoms. The van der Waals surface area contributed by atoms with Gasteiger partial charge in [0.15, 0.2) is 5.69 Å². The summed E-state index contributed by atoms with van der Waals surface area (Å²) in [6, 6.07) is 0.681. The van der Waals surface area contributed by atoms with Gasteiger partial charge in [0, 0.05) is 69.5 Å². The lowest BCUT2D eigenvalue weighted by atomic mass is 10.0. The van der Waals surface area contributed by atoms with Gasteiger partial charge in [-0.1, -0.05) is 6.42 Å². The van der Waals surface area contributed by atoms with Gasteiger partial charge in [-0.15, -0.1) is 0 Å². The van der Waals surface area contributed by atoms with Crippen LogP contribution in [-0.4, -0.2) is 89.7 Å². The maximum atomic E-state index is 12.9. The second kappa shape index (κ2) is 7.43. The summed E-state index contributed by atoms with van der Waals surface area (Å²) in [7, 11) is 2.25. The van der Waals surface area contributed by atoms with Gasteiger partial charge in [-0.25, -0.2) is 0 Å². The van der Waals surface area contributed by atoms with E-state index in [9.17, 15) is 4.79 Å². The number of rotatable bonds is 3. The first-order valence-corrected chi connectivity index (χ1v) is 9.71. The molecule has 0 aromatic carbocycles. The fraction of sp³-hybridized carbons (Fsp3) is 0.778. The Morgan fingerprint density at radius 2 is 2.04 bits per heavy atom. The number of H-pyrrole nitrogens is 1. The molecule has 0 bridgehead atoms. The number of hydrogen-bond acceptors (Lipinski definition) is 5. The molecule has 2 N–H and O–H groups in total. The molecular weight excluding hydrogens is 316 g/mol. The van der Waals surface area contributed by atoms with E-state index in [1.165, 1.54) is 25.8 Å². The van der Waals surface area contributed by atoms with Crippen molar-refractivity contribution in [3.63, 3.8) is 0 Å². The van der Waals surface area contributed by atoms with Gasteiger partial charge >= 0.3 is 0 Å². The second-order valence-electron chi connectivity index (χ2n) is 7.68. The highest BCUT2D eigenvalue weighted by atomic mass is 16.2.